The van der Waals surface area contributed by atoms with Gasteiger partial charge in [0.2, 0.25) is 5.41 Å². The molecule has 7 nitrogen and oxygen atoms in total. The number of carbonyl (C=O) groups is 3. The van der Waals surface area contributed by atoms with Gasteiger partial charge in [0.05, 0.1) is 0 Å². The van der Waals surface area contributed by atoms with Crippen LogP contribution in [0.4, 0.5) is 0 Å². The summed E-state index contributed by atoms with van der Waals surface area (Å²) in [7, 11) is 0. The summed E-state index contributed by atoms with van der Waals surface area (Å²) in [6.45, 7) is 1.78. The van der Waals surface area contributed by atoms with Gasteiger partial charge in [0.15, 0.2) is 0 Å². The van der Waals surface area contributed by atoms with Crippen LogP contribution in [-0.2, 0) is 15.0 Å². The molecule has 0 amide bonds. The molecule has 116 valence electrons. The van der Waals surface area contributed by atoms with Gasteiger partial charge >= 0.3 is 17.9 Å². The van der Waals surface area contributed by atoms with Crippen LogP contribution >= 0.6 is 0 Å². The van der Waals surface area contributed by atoms with E-state index in [1.807, 2.05) is 0 Å². The number of aromatic carboxylic acids is 1. The number of rotatable bonds is 7. The fourth-order valence-electron chi connectivity index (χ4n) is 1.83. The molecule has 0 atom stereocenters. The van der Waals surface area contributed by atoms with E-state index in [4.69, 9.17) is 5.11 Å². The highest BCUT2D eigenvalue weighted by Crippen LogP contribution is 2.28. The van der Waals surface area contributed by atoms with Gasteiger partial charge in [0, 0.05) is 6.20 Å². The summed E-state index contributed by atoms with van der Waals surface area (Å²) in [5.74, 6) is -4.59. The normalized spacial score (nSPS) is 11.9. The Kier molecular flexibility index (Phi) is 5.57. The van der Waals surface area contributed by atoms with Crippen molar-refractivity contribution in [2.45, 2.75) is 18.8 Å². The third kappa shape index (κ3) is 3.38. The van der Waals surface area contributed by atoms with Gasteiger partial charge < -0.3 is 15.3 Å². The fourth-order valence-corrected chi connectivity index (χ4v) is 1.83. The molecular formula is C15H15NO6. The van der Waals surface area contributed by atoms with E-state index in [1.165, 1.54) is 12.1 Å². The van der Waals surface area contributed by atoms with Crippen molar-refractivity contribution in [1.29, 1.82) is 0 Å². The van der Waals surface area contributed by atoms with Crippen molar-refractivity contribution in [3.8, 4) is 0 Å². The van der Waals surface area contributed by atoms with E-state index in [0.717, 1.165) is 18.3 Å². The SMILES string of the molecule is CC=CCC=CC(C(=O)O)(C(=O)O)c1ccnc(C(=O)O)c1. The zero-order valence-electron chi connectivity index (χ0n) is 11.8. The fraction of sp³-hybridized carbons (Fsp3) is 0.200. The van der Waals surface area contributed by atoms with Crippen LogP contribution in [0.1, 0.15) is 29.4 Å². The lowest BCUT2D eigenvalue weighted by atomic mass is 9.80. The second-order valence-electron chi connectivity index (χ2n) is 4.36. The minimum Gasteiger partial charge on any atom is -0.480 e. The summed E-state index contributed by atoms with van der Waals surface area (Å²) in [5, 5.41) is 27.7. The summed E-state index contributed by atoms with van der Waals surface area (Å²) in [6.07, 6.45) is 7.33. The molecule has 1 aromatic heterocycles. The third-order valence-corrected chi connectivity index (χ3v) is 2.98. The maximum atomic E-state index is 11.6. The first-order valence-corrected chi connectivity index (χ1v) is 6.31. The van der Waals surface area contributed by atoms with Gasteiger partial charge in [-0.25, -0.2) is 9.78 Å². The highest BCUT2D eigenvalue weighted by atomic mass is 16.4. The second-order valence-corrected chi connectivity index (χ2v) is 4.36. The van der Waals surface area contributed by atoms with E-state index in [9.17, 15) is 24.6 Å². The lowest BCUT2D eigenvalue weighted by Gasteiger charge is -2.21. The first-order valence-electron chi connectivity index (χ1n) is 6.31. The van der Waals surface area contributed by atoms with E-state index in [-0.39, 0.29) is 5.56 Å². The average molecular weight is 305 g/mol. The number of aromatic nitrogens is 1. The third-order valence-electron chi connectivity index (χ3n) is 2.98. The molecule has 0 radical (unpaired) electrons. The molecule has 0 saturated carbocycles. The van der Waals surface area contributed by atoms with Gasteiger partial charge in [-0.3, -0.25) is 9.59 Å². The Balaban J connectivity index is 3.46. The van der Waals surface area contributed by atoms with Gasteiger partial charge in [-0.05, 0) is 31.0 Å². The standard InChI is InChI=1S/C15H15NO6/c1-2-3-4-5-7-15(13(19)20,14(21)22)10-6-8-16-11(9-10)12(17)18/h2-3,5-9H,4H2,1H3,(H,17,18)(H,19,20)(H,21,22). The first kappa shape index (κ1) is 17.1. The molecule has 0 unspecified atom stereocenters. The quantitative estimate of drug-likeness (QED) is 0.517. The van der Waals surface area contributed by atoms with Gasteiger partial charge in [-0.1, -0.05) is 24.3 Å². The van der Waals surface area contributed by atoms with E-state index in [1.54, 1.807) is 19.1 Å². The van der Waals surface area contributed by atoms with Gasteiger partial charge in [-0.2, -0.15) is 0 Å². The van der Waals surface area contributed by atoms with E-state index in [2.05, 4.69) is 4.98 Å². The van der Waals surface area contributed by atoms with Crippen molar-refractivity contribution in [3.63, 3.8) is 0 Å². The van der Waals surface area contributed by atoms with Crippen molar-refractivity contribution in [3.05, 3.63) is 53.9 Å². The van der Waals surface area contributed by atoms with Crippen LogP contribution in [0, 0.1) is 0 Å². The number of nitrogens with zero attached hydrogens (tertiary/aromatic N) is 1. The van der Waals surface area contributed by atoms with Gasteiger partial charge in [0.25, 0.3) is 0 Å². The highest BCUT2D eigenvalue weighted by Gasteiger charge is 2.46. The molecule has 0 spiro atoms. The minimum atomic E-state index is -2.37. The molecular weight excluding hydrogens is 290 g/mol. The van der Waals surface area contributed by atoms with E-state index in [0.29, 0.717) is 6.42 Å². The average Bonchev–Trinajstić information content (AvgIpc) is 2.46. The van der Waals surface area contributed by atoms with Crippen LogP contribution < -0.4 is 0 Å². The number of hydrogen-bond donors (Lipinski definition) is 3. The highest BCUT2D eigenvalue weighted by molar-refractivity contribution is 6.07. The second kappa shape index (κ2) is 7.16. The molecule has 0 aliphatic rings. The minimum absolute atomic E-state index is 0.184. The summed E-state index contributed by atoms with van der Waals surface area (Å²) in [5.41, 5.74) is -2.97. The number of pyridine rings is 1. The Morgan fingerprint density at radius 2 is 1.82 bits per heavy atom. The van der Waals surface area contributed by atoms with Crippen molar-refractivity contribution in [2.24, 2.45) is 0 Å². The van der Waals surface area contributed by atoms with Crippen molar-refractivity contribution < 1.29 is 29.7 Å². The molecule has 0 aliphatic carbocycles. The molecule has 0 saturated heterocycles. The van der Waals surface area contributed by atoms with Gasteiger partial charge in [-0.15, -0.1) is 0 Å². The van der Waals surface area contributed by atoms with Crippen LogP contribution in [0.5, 0.6) is 0 Å². The molecule has 7 heteroatoms. The Morgan fingerprint density at radius 3 is 2.32 bits per heavy atom. The molecule has 0 aromatic carbocycles. The molecule has 1 heterocycles. The van der Waals surface area contributed by atoms with Crippen molar-refractivity contribution >= 4 is 17.9 Å². The molecule has 0 fully saturated rings. The summed E-state index contributed by atoms with van der Waals surface area (Å²) < 4.78 is 0. The Morgan fingerprint density at radius 1 is 1.18 bits per heavy atom. The predicted molar refractivity (Wildman–Crippen MR) is 76.7 cm³/mol. The van der Waals surface area contributed by atoms with Crippen LogP contribution in [0.25, 0.3) is 0 Å². The van der Waals surface area contributed by atoms with Crippen LogP contribution in [0.3, 0.4) is 0 Å². The predicted octanol–water partition coefficient (Wildman–Crippen LogP) is 1.71. The zero-order chi connectivity index (χ0) is 16.8. The van der Waals surface area contributed by atoms with Crippen LogP contribution in [0.2, 0.25) is 0 Å². The molecule has 0 aliphatic heterocycles. The van der Waals surface area contributed by atoms with E-state index >= 15 is 0 Å². The monoisotopic (exact) mass is 305 g/mol. The molecule has 3 N–H and O–H groups in total. The summed E-state index contributed by atoms with van der Waals surface area (Å²) in [6, 6.07) is 2.12. The van der Waals surface area contributed by atoms with Gasteiger partial charge in [0.1, 0.15) is 5.69 Å². The maximum absolute atomic E-state index is 11.6. The van der Waals surface area contributed by atoms with Crippen LogP contribution in [0.15, 0.2) is 42.6 Å². The molecule has 0 bridgehead atoms. The number of aliphatic carboxylic acids is 2. The molecule has 1 rings (SSSR count). The lowest BCUT2D eigenvalue weighted by molar-refractivity contribution is -0.154. The van der Waals surface area contributed by atoms with Crippen LogP contribution in [-0.4, -0.2) is 38.2 Å². The number of carboxylic acids is 3. The zero-order valence-corrected chi connectivity index (χ0v) is 11.8. The van der Waals surface area contributed by atoms with Crippen molar-refractivity contribution in [1.82, 2.24) is 4.98 Å². The Hall–Kier alpha value is -2.96. The number of allylic oxidation sites excluding steroid dienone is 3. The Labute approximate surface area is 126 Å². The molecule has 1 aromatic rings. The Bertz CT molecular complexity index is 633. The number of carboxylic acid groups (broad SMARTS) is 3. The maximum Gasteiger partial charge on any atom is 0.354 e. The summed E-state index contributed by atoms with van der Waals surface area (Å²) >= 11 is 0. The first-order chi connectivity index (χ1) is 10.4. The lowest BCUT2D eigenvalue weighted by Crippen LogP contribution is -2.42. The number of hydrogen-bond acceptors (Lipinski definition) is 4. The molecule has 22 heavy (non-hydrogen) atoms. The van der Waals surface area contributed by atoms with E-state index < -0.39 is 29.0 Å². The summed E-state index contributed by atoms with van der Waals surface area (Å²) in [4.78, 5) is 37.7. The topological polar surface area (TPSA) is 125 Å². The smallest absolute Gasteiger partial charge is 0.354 e. The largest absolute Gasteiger partial charge is 0.480 e. The van der Waals surface area contributed by atoms with Crippen molar-refractivity contribution in [2.75, 3.05) is 0 Å².